The van der Waals surface area contributed by atoms with Crippen LogP contribution >= 0.6 is 12.2 Å². The van der Waals surface area contributed by atoms with Crippen LogP contribution in [0, 0.1) is 0 Å². The van der Waals surface area contributed by atoms with Gasteiger partial charge in [0.25, 0.3) is 0 Å². The molecule has 0 aliphatic carbocycles. The number of nitrogens with zero attached hydrogens (tertiary/aromatic N) is 4. The lowest BCUT2D eigenvalue weighted by Gasteiger charge is -2.31. The predicted octanol–water partition coefficient (Wildman–Crippen LogP) is 3.57. The van der Waals surface area contributed by atoms with Gasteiger partial charge in [-0.25, -0.2) is 0 Å². The Balaban J connectivity index is 1.43. The van der Waals surface area contributed by atoms with E-state index in [0.717, 1.165) is 62.3 Å². The highest BCUT2D eigenvalue weighted by Gasteiger charge is 2.41. The van der Waals surface area contributed by atoms with E-state index in [1.165, 1.54) is 5.69 Å². The molecule has 0 amide bonds. The largest absolute Gasteiger partial charge is 0.379 e. The number of nitrogens with one attached hydrogen (secondary N) is 1. The summed E-state index contributed by atoms with van der Waals surface area (Å²) >= 11 is 5.84. The molecule has 2 atom stereocenters. The average Bonchev–Trinajstić information content (AvgIpc) is 3.45. The Morgan fingerprint density at radius 3 is 2.56 bits per heavy atom. The molecule has 166 valence electrons. The number of pyridine rings is 1. The van der Waals surface area contributed by atoms with Crippen LogP contribution in [0.2, 0.25) is 0 Å². The van der Waals surface area contributed by atoms with Crippen LogP contribution in [-0.4, -0.2) is 63.9 Å². The Labute approximate surface area is 194 Å². The van der Waals surface area contributed by atoms with Crippen molar-refractivity contribution in [2.45, 2.75) is 18.5 Å². The number of aromatic nitrogens is 2. The number of hydrogen-bond acceptors (Lipinski definition) is 4. The molecule has 3 aromatic rings. The van der Waals surface area contributed by atoms with Gasteiger partial charge in [-0.1, -0.05) is 24.3 Å². The van der Waals surface area contributed by atoms with Gasteiger partial charge >= 0.3 is 0 Å². The molecule has 7 heteroatoms. The minimum Gasteiger partial charge on any atom is -0.379 e. The van der Waals surface area contributed by atoms with E-state index in [-0.39, 0.29) is 12.1 Å². The smallest absolute Gasteiger partial charge is 0.170 e. The van der Waals surface area contributed by atoms with Crippen molar-refractivity contribution < 1.29 is 4.74 Å². The maximum Gasteiger partial charge on any atom is 0.170 e. The Bertz CT molecular complexity index is 1020. The monoisotopic (exact) mass is 447 g/mol. The maximum atomic E-state index is 5.84. The molecule has 0 saturated carbocycles. The average molecular weight is 448 g/mol. The van der Waals surface area contributed by atoms with Gasteiger partial charge in [-0.05, 0) is 55.0 Å². The Morgan fingerprint density at radius 1 is 0.969 bits per heavy atom. The molecule has 6 nitrogen and oxygen atoms in total. The van der Waals surface area contributed by atoms with E-state index >= 15 is 0 Å². The molecule has 0 bridgehead atoms. The van der Waals surface area contributed by atoms with Crippen LogP contribution in [0.15, 0.2) is 73.1 Å². The van der Waals surface area contributed by atoms with Crippen molar-refractivity contribution in [1.82, 2.24) is 24.7 Å². The quantitative estimate of drug-likeness (QED) is 0.559. The fourth-order valence-electron chi connectivity index (χ4n) is 4.72. The van der Waals surface area contributed by atoms with E-state index in [0.29, 0.717) is 0 Å². The molecule has 2 saturated heterocycles. The van der Waals surface area contributed by atoms with Gasteiger partial charge in [-0.15, -0.1) is 0 Å². The second-order valence-electron chi connectivity index (χ2n) is 8.27. The minimum atomic E-state index is 0.00412. The second kappa shape index (κ2) is 9.81. The van der Waals surface area contributed by atoms with Crippen molar-refractivity contribution in [2.75, 3.05) is 39.4 Å². The van der Waals surface area contributed by atoms with Crippen molar-refractivity contribution in [1.29, 1.82) is 0 Å². The molecule has 32 heavy (non-hydrogen) atoms. The summed E-state index contributed by atoms with van der Waals surface area (Å²) < 4.78 is 7.76. The van der Waals surface area contributed by atoms with Crippen LogP contribution in [-0.2, 0) is 4.74 Å². The summed E-state index contributed by atoms with van der Waals surface area (Å²) in [4.78, 5) is 9.50. The van der Waals surface area contributed by atoms with Crippen LogP contribution in [0.3, 0.4) is 0 Å². The second-order valence-corrected chi connectivity index (χ2v) is 8.65. The van der Waals surface area contributed by atoms with E-state index in [1.54, 1.807) is 0 Å². The van der Waals surface area contributed by atoms with Crippen LogP contribution < -0.4 is 5.32 Å². The zero-order valence-corrected chi connectivity index (χ0v) is 19.0. The zero-order chi connectivity index (χ0) is 21.8. The first kappa shape index (κ1) is 21.1. The third-order valence-electron chi connectivity index (χ3n) is 6.29. The third kappa shape index (κ3) is 4.41. The van der Waals surface area contributed by atoms with Crippen LogP contribution in [0.5, 0.6) is 0 Å². The van der Waals surface area contributed by atoms with Crippen LogP contribution in [0.25, 0.3) is 5.69 Å². The van der Waals surface area contributed by atoms with Crippen molar-refractivity contribution in [2.24, 2.45) is 0 Å². The predicted molar refractivity (Wildman–Crippen MR) is 130 cm³/mol. The molecular formula is C25H29N5OS. The Morgan fingerprint density at radius 2 is 1.78 bits per heavy atom. The van der Waals surface area contributed by atoms with E-state index in [4.69, 9.17) is 17.0 Å². The van der Waals surface area contributed by atoms with Gasteiger partial charge in [0.1, 0.15) is 0 Å². The number of para-hydroxylation sites is 1. The number of morpholine rings is 1. The molecule has 0 radical (unpaired) electrons. The van der Waals surface area contributed by atoms with Crippen molar-refractivity contribution in [3.63, 3.8) is 0 Å². The van der Waals surface area contributed by atoms with Crippen molar-refractivity contribution in [3.8, 4) is 5.69 Å². The normalized spacial score (nSPS) is 21.6. The molecule has 1 N–H and O–H groups in total. The molecule has 2 aliphatic heterocycles. The first-order chi connectivity index (χ1) is 15.8. The van der Waals surface area contributed by atoms with E-state index in [9.17, 15) is 0 Å². The lowest BCUT2D eigenvalue weighted by Crippen LogP contribution is -2.39. The SMILES string of the molecule is S=C1N[C@@H](c2ccccn2)[C@H](c2cccn2-c2ccccc2)N1CCCN1CCOCC1. The molecule has 0 spiro atoms. The first-order valence-electron chi connectivity index (χ1n) is 11.3. The number of benzene rings is 1. The standard InChI is InChI=1S/C25H29N5OS/c32-25-27-23(21-10-4-5-12-26-21)24(30(25)15-7-13-28-16-18-31-19-17-28)22-11-6-14-29(22)20-8-2-1-3-9-20/h1-6,8-12,14,23-24H,7,13,15-19H2,(H,27,32)/t23-,24-/m0/s1. The first-order valence-corrected chi connectivity index (χ1v) is 11.7. The van der Waals surface area contributed by atoms with Gasteiger partial charge in [0.05, 0.1) is 31.0 Å². The number of hydrogen-bond donors (Lipinski definition) is 1. The van der Waals surface area contributed by atoms with Gasteiger partial charge in [0.15, 0.2) is 5.11 Å². The molecule has 0 unspecified atom stereocenters. The highest BCUT2D eigenvalue weighted by atomic mass is 32.1. The van der Waals surface area contributed by atoms with Crippen LogP contribution in [0.4, 0.5) is 0 Å². The Kier molecular flexibility index (Phi) is 6.48. The summed E-state index contributed by atoms with van der Waals surface area (Å²) in [6.07, 6.45) is 5.04. The number of ether oxygens (including phenoxy) is 1. The van der Waals surface area contributed by atoms with Gasteiger partial charge in [-0.3, -0.25) is 9.88 Å². The Hall–Kier alpha value is -2.74. The summed E-state index contributed by atoms with van der Waals surface area (Å²) in [5.41, 5.74) is 3.38. The summed E-state index contributed by atoms with van der Waals surface area (Å²) in [5.74, 6) is 0. The lowest BCUT2D eigenvalue weighted by atomic mass is 10.0. The van der Waals surface area contributed by atoms with E-state index in [2.05, 4.69) is 73.3 Å². The number of thiocarbonyl (C=S) groups is 1. The summed E-state index contributed by atoms with van der Waals surface area (Å²) in [5, 5.41) is 4.37. The summed E-state index contributed by atoms with van der Waals surface area (Å²) in [6, 6.07) is 21.0. The molecular weight excluding hydrogens is 418 g/mol. The lowest BCUT2D eigenvalue weighted by molar-refractivity contribution is 0.0365. The van der Waals surface area contributed by atoms with E-state index < -0.39 is 0 Å². The maximum absolute atomic E-state index is 5.84. The number of rotatable bonds is 7. The highest BCUT2D eigenvalue weighted by Crippen LogP contribution is 2.39. The van der Waals surface area contributed by atoms with Crippen molar-refractivity contribution in [3.05, 3.63) is 84.4 Å². The molecule has 2 aromatic heterocycles. The molecule has 5 rings (SSSR count). The molecule has 2 aliphatic rings. The molecule has 1 aromatic carbocycles. The zero-order valence-electron chi connectivity index (χ0n) is 18.1. The highest BCUT2D eigenvalue weighted by molar-refractivity contribution is 7.80. The fraction of sp³-hybridized carbons (Fsp3) is 0.360. The van der Waals surface area contributed by atoms with Gasteiger partial charge in [0.2, 0.25) is 0 Å². The van der Waals surface area contributed by atoms with Crippen molar-refractivity contribution >= 4 is 17.3 Å². The third-order valence-corrected chi connectivity index (χ3v) is 6.64. The molecule has 2 fully saturated rings. The summed E-state index contributed by atoms with van der Waals surface area (Å²) in [6.45, 7) is 5.65. The topological polar surface area (TPSA) is 45.6 Å². The van der Waals surface area contributed by atoms with Gasteiger partial charge in [-0.2, -0.15) is 0 Å². The minimum absolute atomic E-state index is 0.00412. The molecule has 4 heterocycles. The fourth-order valence-corrected chi connectivity index (χ4v) is 5.05. The summed E-state index contributed by atoms with van der Waals surface area (Å²) in [7, 11) is 0. The van der Waals surface area contributed by atoms with Crippen LogP contribution in [0.1, 0.15) is 29.9 Å². The van der Waals surface area contributed by atoms with E-state index in [1.807, 2.05) is 24.4 Å². The van der Waals surface area contributed by atoms with Gasteiger partial charge < -0.3 is 19.5 Å². The van der Waals surface area contributed by atoms with Gasteiger partial charge in [0, 0.05) is 50.0 Å².